The molecule has 2 aromatic rings. The first-order valence-corrected chi connectivity index (χ1v) is 8.47. The normalized spacial score (nSPS) is 11.9. The Bertz CT molecular complexity index is 649. The largest absolute Gasteiger partial charge is 0.478 e. The predicted molar refractivity (Wildman–Crippen MR) is 90.1 cm³/mol. The van der Waals surface area contributed by atoms with E-state index in [-0.39, 0.29) is 11.1 Å². The lowest BCUT2D eigenvalue weighted by Gasteiger charge is -2.11. The first-order chi connectivity index (χ1) is 11.1. The molecule has 1 unspecified atom stereocenters. The lowest BCUT2D eigenvalue weighted by molar-refractivity contribution is 0.0474. The van der Waals surface area contributed by atoms with Gasteiger partial charge in [-0.05, 0) is 48.8 Å². The molecule has 0 spiro atoms. The summed E-state index contributed by atoms with van der Waals surface area (Å²) in [6, 6.07) is 10.3. The van der Waals surface area contributed by atoms with Crippen molar-refractivity contribution in [1.29, 1.82) is 0 Å². The monoisotopic (exact) mass is 332 g/mol. The second-order valence-electron chi connectivity index (χ2n) is 5.50. The highest BCUT2D eigenvalue weighted by Gasteiger charge is 2.17. The quantitative estimate of drug-likeness (QED) is 0.734. The van der Waals surface area contributed by atoms with Gasteiger partial charge in [0.1, 0.15) is 0 Å². The van der Waals surface area contributed by atoms with Crippen molar-refractivity contribution in [3.05, 3.63) is 57.8 Å². The van der Waals surface area contributed by atoms with Gasteiger partial charge in [0.25, 0.3) is 0 Å². The standard InChI is InChI=1S/C18H20O4S/c1-13(8-9-14-5-4-12-23-14)10-11-22-18(21)16-7-3-2-6-15(16)17(19)20/h2-7,12-13H,8-11H2,1H3,(H,19,20). The number of carboxylic acids is 1. The third kappa shape index (κ3) is 5.21. The number of aromatic carboxylic acids is 1. The number of esters is 1. The molecule has 0 bridgehead atoms. The third-order valence-corrected chi connectivity index (χ3v) is 4.62. The van der Waals surface area contributed by atoms with Gasteiger partial charge in [-0.25, -0.2) is 9.59 Å². The van der Waals surface area contributed by atoms with Crippen LogP contribution >= 0.6 is 11.3 Å². The van der Waals surface area contributed by atoms with Gasteiger partial charge in [-0.15, -0.1) is 11.3 Å². The minimum Gasteiger partial charge on any atom is -0.478 e. The molecule has 0 saturated carbocycles. The highest BCUT2D eigenvalue weighted by atomic mass is 32.1. The minimum atomic E-state index is -1.12. The van der Waals surface area contributed by atoms with Crippen LogP contribution in [0, 0.1) is 5.92 Å². The lowest BCUT2D eigenvalue weighted by atomic mass is 10.0. The van der Waals surface area contributed by atoms with E-state index >= 15 is 0 Å². The molecule has 1 aromatic heterocycles. The highest BCUT2D eigenvalue weighted by Crippen LogP contribution is 2.17. The van der Waals surface area contributed by atoms with Gasteiger partial charge in [0.05, 0.1) is 17.7 Å². The number of hydrogen-bond acceptors (Lipinski definition) is 4. The Kier molecular flexibility index (Phi) is 6.35. The van der Waals surface area contributed by atoms with Crippen LogP contribution in [0.1, 0.15) is 45.4 Å². The first kappa shape index (κ1) is 17.2. The van der Waals surface area contributed by atoms with Gasteiger partial charge in [-0.3, -0.25) is 0 Å². The summed E-state index contributed by atoms with van der Waals surface area (Å²) in [5.41, 5.74) is 0.0782. The van der Waals surface area contributed by atoms with E-state index in [9.17, 15) is 9.59 Å². The zero-order valence-corrected chi connectivity index (χ0v) is 13.8. The van der Waals surface area contributed by atoms with E-state index in [1.807, 2.05) is 6.07 Å². The van der Waals surface area contributed by atoms with Crippen LogP contribution in [-0.4, -0.2) is 23.7 Å². The maximum Gasteiger partial charge on any atom is 0.339 e. The number of carboxylic acid groups (broad SMARTS) is 1. The van der Waals surface area contributed by atoms with Crippen LogP contribution in [0.25, 0.3) is 0 Å². The summed E-state index contributed by atoms with van der Waals surface area (Å²) in [7, 11) is 0. The number of ether oxygens (including phenoxy) is 1. The van der Waals surface area contributed by atoms with Gasteiger partial charge in [-0.1, -0.05) is 25.1 Å². The van der Waals surface area contributed by atoms with Gasteiger partial charge in [0.15, 0.2) is 0 Å². The lowest BCUT2D eigenvalue weighted by Crippen LogP contribution is -2.13. The van der Waals surface area contributed by atoms with Crippen LogP contribution in [0.3, 0.4) is 0 Å². The molecular formula is C18H20O4S. The number of aryl methyl sites for hydroxylation is 1. The average Bonchev–Trinajstić information content (AvgIpc) is 3.06. The fraction of sp³-hybridized carbons (Fsp3) is 0.333. The molecule has 23 heavy (non-hydrogen) atoms. The summed E-state index contributed by atoms with van der Waals surface area (Å²) in [6.07, 6.45) is 2.85. The van der Waals surface area contributed by atoms with Crippen LogP contribution < -0.4 is 0 Å². The van der Waals surface area contributed by atoms with E-state index in [0.717, 1.165) is 19.3 Å². The number of benzene rings is 1. The maximum absolute atomic E-state index is 12.0. The van der Waals surface area contributed by atoms with Crippen LogP contribution in [0.2, 0.25) is 0 Å². The molecular weight excluding hydrogens is 312 g/mol. The Morgan fingerprint density at radius 2 is 1.87 bits per heavy atom. The zero-order valence-electron chi connectivity index (χ0n) is 13.0. The Hall–Kier alpha value is -2.14. The predicted octanol–water partition coefficient (Wildman–Crippen LogP) is 4.26. The van der Waals surface area contributed by atoms with Crippen LogP contribution in [-0.2, 0) is 11.2 Å². The average molecular weight is 332 g/mol. The van der Waals surface area contributed by atoms with E-state index in [2.05, 4.69) is 18.4 Å². The van der Waals surface area contributed by atoms with E-state index in [1.54, 1.807) is 23.5 Å². The van der Waals surface area contributed by atoms with E-state index in [1.165, 1.54) is 17.0 Å². The van der Waals surface area contributed by atoms with Crippen molar-refractivity contribution in [3.63, 3.8) is 0 Å². The van der Waals surface area contributed by atoms with E-state index in [0.29, 0.717) is 12.5 Å². The third-order valence-electron chi connectivity index (χ3n) is 3.68. The van der Waals surface area contributed by atoms with Gasteiger partial charge in [0.2, 0.25) is 0 Å². The molecule has 0 saturated heterocycles. The summed E-state index contributed by atoms with van der Waals surface area (Å²) in [5, 5.41) is 11.2. The Morgan fingerprint density at radius 1 is 1.13 bits per heavy atom. The van der Waals surface area contributed by atoms with Crippen molar-refractivity contribution in [1.82, 2.24) is 0 Å². The summed E-state index contributed by atoms with van der Waals surface area (Å²) in [5.74, 6) is -1.25. The van der Waals surface area contributed by atoms with Gasteiger partial charge in [0, 0.05) is 4.88 Å². The molecule has 5 heteroatoms. The first-order valence-electron chi connectivity index (χ1n) is 7.59. The van der Waals surface area contributed by atoms with Crippen molar-refractivity contribution in [2.75, 3.05) is 6.61 Å². The van der Waals surface area contributed by atoms with Crippen LogP contribution in [0.5, 0.6) is 0 Å². The molecule has 1 atom stereocenters. The number of thiophene rings is 1. The Morgan fingerprint density at radius 3 is 2.52 bits per heavy atom. The molecule has 0 aliphatic rings. The van der Waals surface area contributed by atoms with Crippen LogP contribution in [0.4, 0.5) is 0 Å². The number of rotatable bonds is 8. The van der Waals surface area contributed by atoms with Gasteiger partial charge >= 0.3 is 11.9 Å². The molecule has 0 aliphatic heterocycles. The molecule has 0 aliphatic carbocycles. The summed E-state index contributed by atoms with van der Waals surface area (Å²) < 4.78 is 5.23. The second kappa shape index (κ2) is 8.48. The molecule has 0 amide bonds. The van der Waals surface area contributed by atoms with E-state index in [4.69, 9.17) is 9.84 Å². The van der Waals surface area contributed by atoms with E-state index < -0.39 is 11.9 Å². The Labute approximate surface area is 139 Å². The number of carbonyl (C=O) groups is 2. The number of hydrogen-bond donors (Lipinski definition) is 1. The summed E-state index contributed by atoms with van der Waals surface area (Å²) in [4.78, 5) is 24.5. The van der Waals surface area contributed by atoms with Crippen molar-refractivity contribution >= 4 is 23.3 Å². The summed E-state index contributed by atoms with van der Waals surface area (Å²) >= 11 is 1.75. The van der Waals surface area contributed by atoms with Gasteiger partial charge in [-0.2, -0.15) is 0 Å². The van der Waals surface area contributed by atoms with Crippen LogP contribution in [0.15, 0.2) is 41.8 Å². The minimum absolute atomic E-state index is 0.0248. The van der Waals surface area contributed by atoms with Crippen molar-refractivity contribution < 1.29 is 19.4 Å². The van der Waals surface area contributed by atoms with Crippen molar-refractivity contribution in [2.45, 2.75) is 26.2 Å². The van der Waals surface area contributed by atoms with Gasteiger partial charge < -0.3 is 9.84 Å². The fourth-order valence-corrected chi connectivity index (χ4v) is 2.99. The smallest absolute Gasteiger partial charge is 0.339 e. The zero-order chi connectivity index (χ0) is 16.7. The molecule has 2 rings (SSSR count). The fourth-order valence-electron chi connectivity index (χ4n) is 2.27. The molecule has 0 fully saturated rings. The molecule has 122 valence electrons. The molecule has 1 heterocycles. The number of carbonyl (C=O) groups excluding carboxylic acids is 1. The summed E-state index contributed by atoms with van der Waals surface area (Å²) in [6.45, 7) is 2.44. The second-order valence-corrected chi connectivity index (χ2v) is 6.53. The van der Waals surface area contributed by atoms with Crippen molar-refractivity contribution in [3.8, 4) is 0 Å². The highest BCUT2D eigenvalue weighted by molar-refractivity contribution is 7.09. The molecule has 1 N–H and O–H groups in total. The maximum atomic E-state index is 12.0. The Balaban J connectivity index is 1.77. The van der Waals surface area contributed by atoms with Crippen molar-refractivity contribution in [2.24, 2.45) is 5.92 Å². The molecule has 0 radical (unpaired) electrons. The SMILES string of the molecule is CC(CCOC(=O)c1ccccc1C(=O)O)CCc1cccs1. The topological polar surface area (TPSA) is 63.6 Å². The molecule has 4 nitrogen and oxygen atoms in total. The molecule has 1 aromatic carbocycles.